The summed E-state index contributed by atoms with van der Waals surface area (Å²) in [5.41, 5.74) is -0.601. The van der Waals surface area contributed by atoms with Crippen LogP contribution in [0.15, 0.2) is 0 Å². The van der Waals surface area contributed by atoms with Crippen LogP contribution in [0.2, 0.25) is 0 Å². The van der Waals surface area contributed by atoms with E-state index in [1.807, 2.05) is 0 Å². The summed E-state index contributed by atoms with van der Waals surface area (Å²) in [5.74, 6) is 0.110. The Kier molecular flexibility index (Phi) is 5.96. The van der Waals surface area contributed by atoms with Crippen LogP contribution in [0.4, 0.5) is 0 Å². The molecular weight excluding hydrogens is 214 g/mol. The molecule has 3 nitrogen and oxygen atoms in total. The largest absolute Gasteiger partial charge is 0.481 e. The third-order valence-electron chi connectivity index (χ3n) is 3.91. The number of aliphatic carboxylic acids is 1. The Hall–Kier alpha value is -0.570. The topological polar surface area (TPSA) is 49.3 Å². The Bertz CT molecular complexity index is 230. The van der Waals surface area contributed by atoms with E-state index in [9.17, 15) is 4.79 Å². The average molecular weight is 241 g/mol. The van der Waals surface area contributed by atoms with Gasteiger partial charge in [0.2, 0.25) is 0 Å². The number of carboxylic acid groups (broad SMARTS) is 1. The first-order valence-electron chi connectivity index (χ1n) is 6.96. The molecule has 0 aromatic rings. The minimum absolute atomic E-state index is 0.601. The van der Waals surface area contributed by atoms with Crippen molar-refractivity contribution in [3.63, 3.8) is 0 Å². The predicted octanol–water partition coefficient (Wildman–Crippen LogP) is 3.05. The van der Waals surface area contributed by atoms with Crippen LogP contribution in [0.3, 0.4) is 0 Å². The van der Waals surface area contributed by atoms with Gasteiger partial charge in [0.1, 0.15) is 0 Å². The fourth-order valence-electron chi connectivity index (χ4n) is 2.38. The molecule has 0 aliphatic heterocycles. The summed E-state index contributed by atoms with van der Waals surface area (Å²) in [4.78, 5) is 10.9. The van der Waals surface area contributed by atoms with Gasteiger partial charge in [-0.1, -0.05) is 25.7 Å². The molecule has 0 saturated heterocycles. The van der Waals surface area contributed by atoms with Gasteiger partial charge in [0.15, 0.2) is 0 Å². The van der Waals surface area contributed by atoms with Crippen molar-refractivity contribution < 1.29 is 9.90 Å². The molecule has 0 atom stereocenters. The lowest BCUT2D eigenvalue weighted by molar-refractivity contribution is -0.147. The van der Waals surface area contributed by atoms with Crippen molar-refractivity contribution in [2.45, 2.75) is 58.8 Å². The number of hydrogen-bond donors (Lipinski definition) is 2. The molecule has 1 saturated carbocycles. The zero-order valence-corrected chi connectivity index (χ0v) is 11.3. The quantitative estimate of drug-likeness (QED) is 0.555. The number of hydrogen-bond acceptors (Lipinski definition) is 2. The highest BCUT2D eigenvalue weighted by Gasteiger charge is 2.26. The summed E-state index contributed by atoms with van der Waals surface area (Å²) in [6, 6.07) is 0. The molecular formula is C14H27NO2. The van der Waals surface area contributed by atoms with E-state index in [0.29, 0.717) is 6.42 Å². The second-order valence-electron chi connectivity index (χ2n) is 6.00. The van der Waals surface area contributed by atoms with Crippen LogP contribution >= 0.6 is 0 Å². The van der Waals surface area contributed by atoms with Gasteiger partial charge in [0, 0.05) is 0 Å². The average Bonchev–Trinajstić information content (AvgIpc) is 2.52. The highest BCUT2D eigenvalue weighted by Crippen LogP contribution is 2.22. The minimum Gasteiger partial charge on any atom is -0.481 e. The fourth-order valence-corrected chi connectivity index (χ4v) is 2.38. The predicted molar refractivity (Wildman–Crippen MR) is 70.1 cm³/mol. The van der Waals surface area contributed by atoms with Crippen molar-refractivity contribution in [3.05, 3.63) is 0 Å². The van der Waals surface area contributed by atoms with E-state index in [2.05, 4.69) is 5.32 Å². The summed E-state index contributed by atoms with van der Waals surface area (Å²) >= 11 is 0. The van der Waals surface area contributed by atoms with E-state index in [-0.39, 0.29) is 0 Å². The first kappa shape index (κ1) is 14.5. The maximum atomic E-state index is 10.9. The molecule has 0 spiro atoms. The van der Waals surface area contributed by atoms with Crippen LogP contribution < -0.4 is 5.32 Å². The van der Waals surface area contributed by atoms with Crippen molar-refractivity contribution in [2.24, 2.45) is 11.3 Å². The number of rotatable bonds is 6. The zero-order chi connectivity index (χ0) is 12.7. The fraction of sp³-hybridized carbons (Fsp3) is 0.929. The Morgan fingerprint density at radius 1 is 1.24 bits per heavy atom. The minimum atomic E-state index is -0.700. The van der Waals surface area contributed by atoms with E-state index in [0.717, 1.165) is 19.0 Å². The van der Waals surface area contributed by atoms with Gasteiger partial charge in [-0.3, -0.25) is 4.79 Å². The normalized spacial score (nSPS) is 18.9. The molecule has 1 fully saturated rings. The van der Waals surface area contributed by atoms with Gasteiger partial charge in [-0.2, -0.15) is 0 Å². The van der Waals surface area contributed by atoms with Gasteiger partial charge in [0.25, 0.3) is 0 Å². The van der Waals surface area contributed by atoms with E-state index in [1.54, 1.807) is 13.8 Å². The van der Waals surface area contributed by atoms with E-state index < -0.39 is 11.4 Å². The zero-order valence-electron chi connectivity index (χ0n) is 11.3. The maximum Gasteiger partial charge on any atom is 0.309 e. The van der Waals surface area contributed by atoms with Gasteiger partial charge in [-0.15, -0.1) is 0 Å². The van der Waals surface area contributed by atoms with Crippen molar-refractivity contribution in [3.8, 4) is 0 Å². The Morgan fingerprint density at radius 2 is 1.82 bits per heavy atom. The summed E-state index contributed by atoms with van der Waals surface area (Å²) in [5, 5.41) is 12.4. The lowest BCUT2D eigenvalue weighted by Crippen LogP contribution is -2.31. The van der Waals surface area contributed by atoms with Gasteiger partial charge in [0.05, 0.1) is 5.41 Å². The standard InChI is InChI=1S/C14H27NO2/c1-14(2,13(16)17)9-10-15-11-12-7-5-3-4-6-8-12/h12,15H,3-11H2,1-2H3,(H,16,17). The van der Waals surface area contributed by atoms with E-state index in [4.69, 9.17) is 5.11 Å². The summed E-state index contributed by atoms with van der Waals surface area (Å²) in [6.45, 7) is 5.47. The van der Waals surface area contributed by atoms with Crippen molar-refractivity contribution in [2.75, 3.05) is 13.1 Å². The number of carboxylic acids is 1. The molecule has 100 valence electrons. The molecule has 0 aromatic heterocycles. The molecule has 1 aliphatic rings. The number of nitrogens with one attached hydrogen (secondary N) is 1. The third-order valence-corrected chi connectivity index (χ3v) is 3.91. The van der Waals surface area contributed by atoms with Gasteiger partial charge >= 0.3 is 5.97 Å². The van der Waals surface area contributed by atoms with Gasteiger partial charge in [-0.05, 0) is 52.1 Å². The van der Waals surface area contributed by atoms with E-state index >= 15 is 0 Å². The van der Waals surface area contributed by atoms with Crippen LogP contribution in [-0.2, 0) is 4.79 Å². The molecule has 0 amide bonds. The lowest BCUT2D eigenvalue weighted by atomic mass is 9.89. The monoisotopic (exact) mass is 241 g/mol. The first-order chi connectivity index (χ1) is 8.02. The summed E-state index contributed by atoms with van der Waals surface area (Å²) in [6.07, 6.45) is 8.91. The highest BCUT2D eigenvalue weighted by atomic mass is 16.4. The Morgan fingerprint density at radius 3 is 2.35 bits per heavy atom. The van der Waals surface area contributed by atoms with Crippen LogP contribution in [0.5, 0.6) is 0 Å². The number of carbonyl (C=O) groups is 1. The second kappa shape index (κ2) is 7.00. The molecule has 0 aromatic carbocycles. The molecule has 0 radical (unpaired) electrons. The molecule has 0 heterocycles. The van der Waals surface area contributed by atoms with Crippen molar-refractivity contribution >= 4 is 5.97 Å². The Labute approximate surface area is 105 Å². The summed E-state index contributed by atoms with van der Waals surface area (Å²) in [7, 11) is 0. The molecule has 0 bridgehead atoms. The molecule has 0 unspecified atom stereocenters. The van der Waals surface area contributed by atoms with Gasteiger partial charge < -0.3 is 10.4 Å². The third kappa shape index (κ3) is 5.53. The van der Waals surface area contributed by atoms with Crippen LogP contribution in [0, 0.1) is 11.3 Å². The SMILES string of the molecule is CC(C)(CCNCC1CCCCCC1)C(=O)O. The smallest absolute Gasteiger partial charge is 0.309 e. The lowest BCUT2D eigenvalue weighted by Gasteiger charge is -2.20. The van der Waals surface area contributed by atoms with Crippen molar-refractivity contribution in [1.82, 2.24) is 5.32 Å². The van der Waals surface area contributed by atoms with Crippen LogP contribution in [0.25, 0.3) is 0 Å². The summed E-state index contributed by atoms with van der Waals surface area (Å²) < 4.78 is 0. The van der Waals surface area contributed by atoms with Crippen LogP contribution in [0.1, 0.15) is 58.8 Å². The highest BCUT2D eigenvalue weighted by molar-refractivity contribution is 5.73. The van der Waals surface area contributed by atoms with Crippen LogP contribution in [-0.4, -0.2) is 24.2 Å². The molecule has 1 aliphatic carbocycles. The van der Waals surface area contributed by atoms with Crippen molar-refractivity contribution in [1.29, 1.82) is 0 Å². The molecule has 17 heavy (non-hydrogen) atoms. The second-order valence-corrected chi connectivity index (χ2v) is 6.00. The molecule has 3 heteroatoms. The Balaban J connectivity index is 2.12. The van der Waals surface area contributed by atoms with E-state index in [1.165, 1.54) is 38.5 Å². The molecule has 1 rings (SSSR count). The molecule has 2 N–H and O–H groups in total. The first-order valence-corrected chi connectivity index (χ1v) is 6.96. The maximum absolute atomic E-state index is 10.9. The van der Waals surface area contributed by atoms with Gasteiger partial charge in [-0.25, -0.2) is 0 Å².